The van der Waals surface area contributed by atoms with Gasteiger partial charge in [-0.25, -0.2) is 0 Å². The smallest absolute Gasteiger partial charge is 0.0156 e. The summed E-state index contributed by atoms with van der Waals surface area (Å²) in [6, 6.07) is 0.860. The highest BCUT2D eigenvalue weighted by molar-refractivity contribution is 4.92. The molecule has 0 heterocycles. The van der Waals surface area contributed by atoms with Crippen LogP contribution in [0, 0.1) is 5.92 Å². The molecule has 2 rings (SSSR count). The predicted octanol–water partition coefficient (Wildman–Crippen LogP) is 3.10. The van der Waals surface area contributed by atoms with Crippen LogP contribution >= 0.6 is 0 Å². The lowest BCUT2D eigenvalue weighted by Crippen LogP contribution is -2.52. The third kappa shape index (κ3) is 2.25. The maximum absolute atomic E-state index is 3.85. The SMILES string of the molecule is CC1CCC(C)(NC2CCC2)CC1. The van der Waals surface area contributed by atoms with Gasteiger partial charge in [-0.3, -0.25) is 0 Å². The zero-order valence-corrected chi connectivity index (χ0v) is 9.10. The zero-order chi connectivity index (χ0) is 9.31. The van der Waals surface area contributed by atoms with Crippen LogP contribution in [0.2, 0.25) is 0 Å². The topological polar surface area (TPSA) is 12.0 Å². The van der Waals surface area contributed by atoms with E-state index in [4.69, 9.17) is 0 Å². The second kappa shape index (κ2) is 3.61. The van der Waals surface area contributed by atoms with E-state index >= 15 is 0 Å². The average Bonchev–Trinajstić information content (AvgIpc) is 2.05. The fourth-order valence-corrected chi connectivity index (χ4v) is 2.59. The predicted molar refractivity (Wildman–Crippen MR) is 56.8 cm³/mol. The van der Waals surface area contributed by atoms with Crippen molar-refractivity contribution in [2.24, 2.45) is 5.92 Å². The van der Waals surface area contributed by atoms with Gasteiger partial charge in [0, 0.05) is 11.6 Å². The number of hydrogen-bond donors (Lipinski definition) is 1. The fraction of sp³-hybridized carbons (Fsp3) is 1.00. The van der Waals surface area contributed by atoms with Crippen LogP contribution in [-0.2, 0) is 0 Å². The van der Waals surface area contributed by atoms with Crippen molar-refractivity contribution in [2.75, 3.05) is 0 Å². The van der Waals surface area contributed by atoms with E-state index in [2.05, 4.69) is 19.2 Å². The van der Waals surface area contributed by atoms with Gasteiger partial charge in [-0.1, -0.05) is 13.3 Å². The van der Waals surface area contributed by atoms with Crippen LogP contribution in [0.3, 0.4) is 0 Å². The lowest BCUT2D eigenvalue weighted by Gasteiger charge is -2.42. The normalized spacial score (nSPS) is 41.5. The third-order valence-corrected chi connectivity index (χ3v) is 4.04. The molecule has 0 atom stereocenters. The first-order chi connectivity index (χ1) is 6.18. The highest BCUT2D eigenvalue weighted by Gasteiger charge is 2.32. The lowest BCUT2D eigenvalue weighted by atomic mass is 9.77. The van der Waals surface area contributed by atoms with Gasteiger partial charge < -0.3 is 5.32 Å². The van der Waals surface area contributed by atoms with E-state index in [0.717, 1.165) is 12.0 Å². The molecule has 0 saturated heterocycles. The molecule has 0 bridgehead atoms. The van der Waals surface area contributed by atoms with Gasteiger partial charge in [-0.15, -0.1) is 0 Å². The summed E-state index contributed by atoms with van der Waals surface area (Å²) in [5.41, 5.74) is 0.484. The van der Waals surface area contributed by atoms with Crippen LogP contribution in [0.5, 0.6) is 0 Å². The van der Waals surface area contributed by atoms with Gasteiger partial charge in [-0.2, -0.15) is 0 Å². The quantitative estimate of drug-likeness (QED) is 0.690. The van der Waals surface area contributed by atoms with Crippen LogP contribution in [0.15, 0.2) is 0 Å². The van der Waals surface area contributed by atoms with E-state index in [1.165, 1.54) is 44.9 Å². The Hall–Kier alpha value is -0.0400. The van der Waals surface area contributed by atoms with Crippen molar-refractivity contribution in [3.8, 4) is 0 Å². The fourth-order valence-electron chi connectivity index (χ4n) is 2.59. The van der Waals surface area contributed by atoms with Crippen molar-refractivity contribution in [3.05, 3.63) is 0 Å². The molecule has 1 nitrogen and oxygen atoms in total. The summed E-state index contributed by atoms with van der Waals surface area (Å²) in [6.07, 6.45) is 9.93. The first-order valence-electron chi connectivity index (χ1n) is 5.96. The molecule has 13 heavy (non-hydrogen) atoms. The Bertz CT molecular complexity index is 164. The summed E-state index contributed by atoms with van der Waals surface area (Å²) in [5, 5.41) is 3.85. The number of rotatable bonds is 2. The molecule has 2 aliphatic carbocycles. The molecule has 1 N–H and O–H groups in total. The van der Waals surface area contributed by atoms with Crippen molar-refractivity contribution >= 4 is 0 Å². The minimum absolute atomic E-state index is 0.484. The molecule has 0 amide bonds. The number of nitrogens with one attached hydrogen (secondary N) is 1. The summed E-state index contributed by atoms with van der Waals surface area (Å²) in [4.78, 5) is 0. The van der Waals surface area contributed by atoms with Gasteiger partial charge in [0.2, 0.25) is 0 Å². The van der Waals surface area contributed by atoms with Gasteiger partial charge in [0.1, 0.15) is 0 Å². The molecule has 76 valence electrons. The molecule has 0 spiro atoms. The van der Waals surface area contributed by atoms with Crippen molar-refractivity contribution in [1.82, 2.24) is 5.32 Å². The van der Waals surface area contributed by atoms with Crippen LogP contribution in [-0.4, -0.2) is 11.6 Å². The Labute approximate surface area is 82.3 Å². The molecule has 0 aromatic heterocycles. The Morgan fingerprint density at radius 2 is 1.69 bits per heavy atom. The molecule has 0 unspecified atom stereocenters. The first-order valence-corrected chi connectivity index (χ1v) is 5.96. The summed E-state index contributed by atoms with van der Waals surface area (Å²) in [6.45, 7) is 4.82. The summed E-state index contributed by atoms with van der Waals surface area (Å²) in [5.74, 6) is 0.969. The van der Waals surface area contributed by atoms with Crippen molar-refractivity contribution in [2.45, 2.75) is 70.4 Å². The van der Waals surface area contributed by atoms with Gasteiger partial charge >= 0.3 is 0 Å². The van der Waals surface area contributed by atoms with Crippen LogP contribution in [0.1, 0.15) is 58.8 Å². The van der Waals surface area contributed by atoms with E-state index in [1.807, 2.05) is 0 Å². The molecule has 2 aliphatic rings. The van der Waals surface area contributed by atoms with Gasteiger partial charge in [0.05, 0.1) is 0 Å². The molecule has 0 aliphatic heterocycles. The van der Waals surface area contributed by atoms with Crippen molar-refractivity contribution in [3.63, 3.8) is 0 Å². The molecule has 2 saturated carbocycles. The maximum Gasteiger partial charge on any atom is 0.0156 e. The molecule has 1 heteroatoms. The summed E-state index contributed by atoms with van der Waals surface area (Å²) >= 11 is 0. The van der Waals surface area contributed by atoms with Crippen LogP contribution in [0.25, 0.3) is 0 Å². The Balaban J connectivity index is 1.81. The van der Waals surface area contributed by atoms with Crippen LogP contribution in [0.4, 0.5) is 0 Å². The number of hydrogen-bond acceptors (Lipinski definition) is 1. The maximum atomic E-state index is 3.85. The van der Waals surface area contributed by atoms with Gasteiger partial charge in [-0.05, 0) is 51.4 Å². The summed E-state index contributed by atoms with van der Waals surface area (Å²) < 4.78 is 0. The minimum atomic E-state index is 0.484. The average molecular weight is 181 g/mol. The van der Waals surface area contributed by atoms with E-state index in [-0.39, 0.29) is 0 Å². The van der Waals surface area contributed by atoms with E-state index in [0.29, 0.717) is 5.54 Å². The second-order valence-corrected chi connectivity index (χ2v) is 5.52. The van der Waals surface area contributed by atoms with E-state index in [1.54, 1.807) is 0 Å². The molecular formula is C12H23N. The van der Waals surface area contributed by atoms with E-state index in [9.17, 15) is 0 Å². The van der Waals surface area contributed by atoms with Crippen LogP contribution < -0.4 is 5.32 Å². The van der Waals surface area contributed by atoms with E-state index < -0.39 is 0 Å². The summed E-state index contributed by atoms with van der Waals surface area (Å²) in [7, 11) is 0. The second-order valence-electron chi connectivity index (χ2n) is 5.52. The molecular weight excluding hydrogens is 158 g/mol. The standard InChI is InChI=1S/C12H23N/c1-10-6-8-12(2,9-7-10)13-11-4-3-5-11/h10-11,13H,3-9H2,1-2H3. The molecule has 0 aromatic carbocycles. The molecule has 2 fully saturated rings. The van der Waals surface area contributed by atoms with Crippen molar-refractivity contribution in [1.29, 1.82) is 0 Å². The lowest BCUT2D eigenvalue weighted by molar-refractivity contribution is 0.166. The Kier molecular flexibility index (Phi) is 2.64. The van der Waals surface area contributed by atoms with Gasteiger partial charge in [0.25, 0.3) is 0 Å². The highest BCUT2D eigenvalue weighted by atomic mass is 15.0. The monoisotopic (exact) mass is 181 g/mol. The highest BCUT2D eigenvalue weighted by Crippen LogP contribution is 2.33. The van der Waals surface area contributed by atoms with Gasteiger partial charge in [0.15, 0.2) is 0 Å². The Morgan fingerprint density at radius 3 is 2.15 bits per heavy atom. The zero-order valence-electron chi connectivity index (χ0n) is 9.10. The Morgan fingerprint density at radius 1 is 1.08 bits per heavy atom. The minimum Gasteiger partial charge on any atom is -0.309 e. The van der Waals surface area contributed by atoms with Crippen molar-refractivity contribution < 1.29 is 0 Å². The molecule has 0 aromatic rings. The molecule has 0 radical (unpaired) electrons. The third-order valence-electron chi connectivity index (χ3n) is 4.04. The first kappa shape index (κ1) is 9.51. The largest absolute Gasteiger partial charge is 0.309 e.